The summed E-state index contributed by atoms with van der Waals surface area (Å²) in [5.74, 6) is -0.361. The Bertz CT molecular complexity index is 733. The van der Waals surface area contributed by atoms with E-state index in [2.05, 4.69) is 10.2 Å². The number of aliphatic hydroxyl groups is 1. The zero-order chi connectivity index (χ0) is 20.5. The van der Waals surface area contributed by atoms with E-state index >= 15 is 0 Å². The number of aliphatic hydroxyl groups excluding tert-OH is 1. The summed E-state index contributed by atoms with van der Waals surface area (Å²) >= 11 is 0. The van der Waals surface area contributed by atoms with E-state index in [-0.39, 0.29) is 30.1 Å². The lowest BCUT2D eigenvalue weighted by Crippen LogP contribution is -2.45. The second-order valence-electron chi connectivity index (χ2n) is 8.54. The molecule has 4 rings (SSSR count). The van der Waals surface area contributed by atoms with Gasteiger partial charge in [0.25, 0.3) is 0 Å². The number of hydrogen-bond donors (Lipinski definition) is 2. The summed E-state index contributed by atoms with van der Waals surface area (Å²) in [5, 5.41) is 13.1. The number of benzene rings is 1. The lowest BCUT2D eigenvalue weighted by molar-refractivity contribution is -0.00539. The number of β-amino-alcohol motifs (C(OH)–C–C–N with tert-alkyl or cyclic N) is 1. The van der Waals surface area contributed by atoms with E-state index in [4.69, 9.17) is 4.74 Å². The van der Waals surface area contributed by atoms with Crippen molar-refractivity contribution in [2.75, 3.05) is 49.5 Å². The number of halogens is 1. The molecular weight excluding hydrogens is 375 g/mol. The Morgan fingerprint density at radius 1 is 1.14 bits per heavy atom. The molecule has 0 aliphatic carbocycles. The van der Waals surface area contributed by atoms with Crippen LogP contribution in [0.15, 0.2) is 18.2 Å². The van der Waals surface area contributed by atoms with Crippen molar-refractivity contribution in [2.24, 2.45) is 0 Å². The first-order chi connectivity index (χ1) is 13.9. The van der Waals surface area contributed by atoms with E-state index in [1.807, 2.05) is 18.7 Å². The molecule has 1 aromatic carbocycles. The topological polar surface area (TPSA) is 68.3 Å². The highest BCUT2D eigenvalue weighted by molar-refractivity contribution is 5.89. The van der Waals surface area contributed by atoms with E-state index < -0.39 is 6.10 Å². The molecule has 29 heavy (non-hydrogen) atoms. The third-order valence-corrected chi connectivity index (χ3v) is 6.12. The number of carbonyl (C=O) groups excluding carboxylic acids is 1. The van der Waals surface area contributed by atoms with Crippen LogP contribution in [-0.4, -0.2) is 84.6 Å². The van der Waals surface area contributed by atoms with Crippen molar-refractivity contribution in [1.29, 1.82) is 0 Å². The first-order valence-electron chi connectivity index (χ1n) is 10.6. The molecule has 3 saturated heterocycles. The third kappa shape index (κ3) is 4.49. The molecule has 0 spiro atoms. The average Bonchev–Trinajstić information content (AvgIpc) is 3.30. The van der Waals surface area contributed by atoms with Gasteiger partial charge in [-0.2, -0.15) is 0 Å². The van der Waals surface area contributed by atoms with Crippen LogP contribution in [0.25, 0.3) is 0 Å². The summed E-state index contributed by atoms with van der Waals surface area (Å²) in [6.07, 6.45) is 1.83. The standard InChI is InChI=1S/C21H31FN4O3/c1-14-10-25(11-15(2)29-14)18-6-5-16(9-17(18)22)23-21(28)26-12-19(20(27)13-26)24-7-3-4-8-24/h5-6,9,14-15,19-20,27H,3-4,7-8,10-13H2,1-2H3,(H,23,28)/t14-,15-,19-,20+/m1/s1. The normalized spacial score (nSPS) is 30.8. The van der Waals surface area contributed by atoms with Gasteiger partial charge in [-0.05, 0) is 58.0 Å². The molecule has 0 saturated carbocycles. The predicted octanol–water partition coefficient (Wildman–Crippen LogP) is 2.11. The van der Waals surface area contributed by atoms with Gasteiger partial charge in [0.05, 0.1) is 36.6 Å². The maximum atomic E-state index is 14.8. The molecule has 4 atom stereocenters. The Kier molecular flexibility index (Phi) is 5.94. The van der Waals surface area contributed by atoms with E-state index in [1.165, 1.54) is 6.07 Å². The van der Waals surface area contributed by atoms with Gasteiger partial charge in [0.2, 0.25) is 0 Å². The highest BCUT2D eigenvalue weighted by Gasteiger charge is 2.38. The van der Waals surface area contributed by atoms with Gasteiger partial charge >= 0.3 is 6.03 Å². The van der Waals surface area contributed by atoms with Crippen molar-refractivity contribution in [3.63, 3.8) is 0 Å². The number of nitrogens with one attached hydrogen (secondary N) is 1. The molecule has 0 bridgehead atoms. The molecule has 3 fully saturated rings. The molecule has 3 aliphatic heterocycles. The van der Waals surface area contributed by atoms with Crippen LogP contribution in [0.3, 0.4) is 0 Å². The smallest absolute Gasteiger partial charge is 0.321 e. The van der Waals surface area contributed by atoms with Crippen molar-refractivity contribution >= 4 is 17.4 Å². The summed E-state index contributed by atoms with van der Waals surface area (Å²) in [6, 6.07) is 4.49. The van der Waals surface area contributed by atoms with Gasteiger partial charge in [0, 0.05) is 25.3 Å². The highest BCUT2D eigenvalue weighted by atomic mass is 19.1. The second-order valence-corrected chi connectivity index (χ2v) is 8.54. The molecule has 1 aromatic rings. The van der Waals surface area contributed by atoms with Gasteiger partial charge in [-0.15, -0.1) is 0 Å². The Balaban J connectivity index is 1.38. The van der Waals surface area contributed by atoms with Gasteiger partial charge in [-0.25, -0.2) is 9.18 Å². The summed E-state index contributed by atoms with van der Waals surface area (Å²) in [4.78, 5) is 18.5. The Morgan fingerprint density at radius 3 is 2.48 bits per heavy atom. The number of amides is 2. The SMILES string of the molecule is C[C@@H]1CN(c2ccc(NC(=O)N3C[C@@H](N4CCCC4)[C@@H](O)C3)cc2F)C[C@@H](C)O1. The first kappa shape index (κ1) is 20.4. The molecule has 2 amide bonds. The third-order valence-electron chi connectivity index (χ3n) is 6.12. The Labute approximate surface area is 171 Å². The van der Waals surface area contributed by atoms with Crippen molar-refractivity contribution in [3.05, 3.63) is 24.0 Å². The van der Waals surface area contributed by atoms with Crippen LogP contribution in [0.5, 0.6) is 0 Å². The van der Waals surface area contributed by atoms with Gasteiger partial charge < -0.3 is 25.0 Å². The van der Waals surface area contributed by atoms with Crippen LogP contribution in [0, 0.1) is 5.82 Å². The Morgan fingerprint density at radius 2 is 1.83 bits per heavy atom. The van der Waals surface area contributed by atoms with Crippen molar-refractivity contribution < 1.29 is 19.0 Å². The number of rotatable bonds is 3. The molecular formula is C21H31FN4O3. The molecule has 0 radical (unpaired) electrons. The second kappa shape index (κ2) is 8.45. The van der Waals surface area contributed by atoms with Crippen LogP contribution in [0.4, 0.5) is 20.6 Å². The summed E-state index contributed by atoms with van der Waals surface area (Å²) in [6.45, 7) is 7.98. The van der Waals surface area contributed by atoms with Gasteiger partial charge in [0.15, 0.2) is 0 Å². The van der Waals surface area contributed by atoms with Crippen molar-refractivity contribution in [2.45, 2.75) is 51.0 Å². The quantitative estimate of drug-likeness (QED) is 0.805. The summed E-state index contributed by atoms with van der Waals surface area (Å²) in [7, 11) is 0. The molecule has 0 unspecified atom stereocenters. The Hall–Kier alpha value is -1.90. The summed E-state index contributed by atoms with van der Waals surface area (Å²) in [5.41, 5.74) is 0.945. The van der Waals surface area contributed by atoms with E-state index in [9.17, 15) is 14.3 Å². The van der Waals surface area contributed by atoms with Gasteiger partial charge in [-0.1, -0.05) is 0 Å². The molecule has 8 heteroatoms. The minimum atomic E-state index is -0.539. The lowest BCUT2D eigenvalue weighted by atomic mass is 10.2. The van der Waals surface area contributed by atoms with Crippen LogP contribution in [-0.2, 0) is 4.74 Å². The molecule has 160 valence electrons. The minimum Gasteiger partial charge on any atom is -0.390 e. The van der Waals surface area contributed by atoms with Crippen LogP contribution in [0.1, 0.15) is 26.7 Å². The number of urea groups is 1. The molecule has 7 nitrogen and oxygen atoms in total. The zero-order valence-corrected chi connectivity index (χ0v) is 17.2. The van der Waals surface area contributed by atoms with Gasteiger partial charge in [-0.3, -0.25) is 4.90 Å². The fourth-order valence-electron chi connectivity index (χ4n) is 4.79. The largest absolute Gasteiger partial charge is 0.390 e. The molecule has 3 heterocycles. The number of nitrogens with zero attached hydrogens (tertiary/aromatic N) is 3. The molecule has 3 aliphatic rings. The predicted molar refractivity (Wildman–Crippen MR) is 110 cm³/mol. The number of anilines is 2. The number of carbonyl (C=O) groups is 1. The number of morpholine rings is 1. The van der Waals surface area contributed by atoms with Crippen LogP contribution in [0.2, 0.25) is 0 Å². The molecule has 0 aromatic heterocycles. The van der Waals surface area contributed by atoms with Crippen LogP contribution < -0.4 is 10.2 Å². The maximum absolute atomic E-state index is 14.8. The van der Waals surface area contributed by atoms with Gasteiger partial charge in [0.1, 0.15) is 5.82 Å². The zero-order valence-electron chi connectivity index (χ0n) is 17.2. The van der Waals surface area contributed by atoms with E-state index in [0.29, 0.717) is 37.6 Å². The first-order valence-corrected chi connectivity index (χ1v) is 10.6. The number of ether oxygens (including phenoxy) is 1. The fourth-order valence-corrected chi connectivity index (χ4v) is 4.79. The lowest BCUT2D eigenvalue weighted by Gasteiger charge is -2.37. The minimum absolute atomic E-state index is 0.00679. The maximum Gasteiger partial charge on any atom is 0.321 e. The average molecular weight is 407 g/mol. The highest BCUT2D eigenvalue weighted by Crippen LogP contribution is 2.27. The summed E-state index contributed by atoms with van der Waals surface area (Å²) < 4.78 is 20.5. The monoisotopic (exact) mass is 406 g/mol. The van der Waals surface area contributed by atoms with Crippen LogP contribution >= 0.6 is 0 Å². The fraction of sp³-hybridized carbons (Fsp3) is 0.667. The van der Waals surface area contributed by atoms with E-state index in [0.717, 1.165) is 25.9 Å². The molecule has 2 N–H and O–H groups in total. The number of likely N-dealkylation sites (tertiary alicyclic amines) is 2. The van der Waals surface area contributed by atoms with Crippen molar-refractivity contribution in [1.82, 2.24) is 9.80 Å². The van der Waals surface area contributed by atoms with E-state index in [1.54, 1.807) is 17.0 Å². The number of hydrogen-bond acceptors (Lipinski definition) is 5. The van der Waals surface area contributed by atoms with Crippen molar-refractivity contribution in [3.8, 4) is 0 Å².